The minimum absolute atomic E-state index is 0.0484. The molecule has 4 nitrogen and oxygen atoms in total. The van der Waals surface area contributed by atoms with E-state index in [0.29, 0.717) is 37.1 Å². The van der Waals surface area contributed by atoms with Crippen molar-refractivity contribution in [2.45, 2.75) is 103 Å². The van der Waals surface area contributed by atoms with E-state index in [-0.39, 0.29) is 18.3 Å². The van der Waals surface area contributed by atoms with Gasteiger partial charge in [0.1, 0.15) is 0 Å². The molecule has 4 aliphatic carbocycles. The van der Waals surface area contributed by atoms with Crippen molar-refractivity contribution in [2.24, 2.45) is 35.0 Å². The summed E-state index contributed by atoms with van der Waals surface area (Å²) in [6, 6.07) is 0. The van der Waals surface area contributed by atoms with Crippen LogP contribution in [0.25, 0.3) is 0 Å². The lowest BCUT2D eigenvalue weighted by Crippen LogP contribution is -2.54. The minimum Gasteiger partial charge on any atom is -0.396 e. The molecular weight excluding hydrogens is 364 g/mol. The zero-order chi connectivity index (χ0) is 20.6. The molecule has 0 aromatic heterocycles. The maximum Gasteiger partial charge on any atom is 0.0707 e. The highest BCUT2D eigenvalue weighted by molar-refractivity contribution is 5.06. The fourth-order valence-electron chi connectivity index (χ4n) is 7.84. The van der Waals surface area contributed by atoms with Gasteiger partial charge in [-0.15, -0.1) is 0 Å². The first-order valence-corrected chi connectivity index (χ1v) is 12.4. The number of aliphatic hydroxyl groups excluding tert-OH is 2. The highest BCUT2D eigenvalue weighted by Gasteiger charge is 2.57. The van der Waals surface area contributed by atoms with E-state index in [0.717, 1.165) is 36.5 Å². The van der Waals surface area contributed by atoms with E-state index >= 15 is 0 Å². The molecule has 0 radical (unpaired) electrons. The Labute approximate surface area is 177 Å². The van der Waals surface area contributed by atoms with Crippen LogP contribution in [-0.4, -0.2) is 47.8 Å². The fourth-order valence-corrected chi connectivity index (χ4v) is 7.84. The summed E-state index contributed by atoms with van der Waals surface area (Å²) in [5, 5.41) is 20.0. The second-order valence-corrected chi connectivity index (χ2v) is 11.5. The molecule has 6 unspecified atom stereocenters. The van der Waals surface area contributed by atoms with Crippen LogP contribution in [0.5, 0.6) is 0 Å². The lowest BCUT2D eigenvalue weighted by atomic mass is 9.46. The van der Waals surface area contributed by atoms with Gasteiger partial charge in [-0.25, -0.2) is 0 Å². The summed E-state index contributed by atoms with van der Waals surface area (Å²) >= 11 is 0. The Morgan fingerprint density at radius 2 is 1.76 bits per heavy atom. The van der Waals surface area contributed by atoms with Gasteiger partial charge in [0.25, 0.3) is 0 Å². The van der Waals surface area contributed by atoms with Crippen LogP contribution in [0.3, 0.4) is 0 Å². The van der Waals surface area contributed by atoms with Crippen LogP contribution in [0, 0.1) is 35.0 Å². The Morgan fingerprint density at radius 1 is 0.966 bits per heavy atom. The van der Waals surface area contributed by atoms with Gasteiger partial charge in [0, 0.05) is 6.61 Å². The maximum atomic E-state index is 10.9. The molecule has 0 heterocycles. The largest absolute Gasteiger partial charge is 0.396 e. The summed E-state index contributed by atoms with van der Waals surface area (Å²) in [5.41, 5.74) is 0.123. The number of ether oxygens (including phenoxy) is 2. The first-order valence-electron chi connectivity index (χ1n) is 12.4. The van der Waals surface area contributed by atoms with Crippen molar-refractivity contribution in [2.75, 3.05) is 19.8 Å². The molecule has 4 rings (SSSR count). The molecular formula is C25H44O4. The van der Waals surface area contributed by atoms with Gasteiger partial charge in [-0.05, 0) is 107 Å². The van der Waals surface area contributed by atoms with Gasteiger partial charge < -0.3 is 19.7 Å². The van der Waals surface area contributed by atoms with Crippen molar-refractivity contribution in [1.82, 2.24) is 0 Å². The summed E-state index contributed by atoms with van der Waals surface area (Å²) < 4.78 is 12.1. The smallest absolute Gasteiger partial charge is 0.0707 e. The third kappa shape index (κ3) is 4.42. The topological polar surface area (TPSA) is 58.9 Å². The third-order valence-electron chi connectivity index (χ3n) is 9.51. The summed E-state index contributed by atoms with van der Waals surface area (Å²) in [6.45, 7) is 8.02. The molecule has 0 bridgehead atoms. The van der Waals surface area contributed by atoms with Crippen LogP contribution in [-0.2, 0) is 9.47 Å². The fraction of sp³-hybridized carbons (Fsp3) is 1.00. The van der Waals surface area contributed by atoms with Crippen LogP contribution in [0.2, 0.25) is 0 Å². The predicted octanol–water partition coefficient (Wildman–Crippen LogP) is 4.56. The molecule has 0 saturated heterocycles. The second-order valence-electron chi connectivity index (χ2n) is 11.5. The van der Waals surface area contributed by atoms with E-state index in [1.807, 2.05) is 13.8 Å². The molecule has 4 aliphatic rings. The number of hydrogen-bond donors (Lipinski definition) is 2. The molecule has 4 saturated carbocycles. The monoisotopic (exact) mass is 408 g/mol. The van der Waals surface area contributed by atoms with E-state index in [1.54, 1.807) is 0 Å². The lowest BCUT2D eigenvalue weighted by molar-refractivity contribution is -0.146. The molecule has 2 N–H and O–H groups in total. The molecule has 4 heteroatoms. The molecule has 0 spiro atoms. The lowest BCUT2D eigenvalue weighted by Gasteiger charge is -2.59. The molecule has 8 atom stereocenters. The van der Waals surface area contributed by atoms with Gasteiger partial charge >= 0.3 is 0 Å². The standard InChI is InChI=1S/C25H44O4/c1-24(2,11-12-26)29-14-13-28-18-9-10-25(3)17(15-18)7-8-20-19-5-4-6-21(19)23(27)16-22(20)25/h17-23,26-27H,4-16H2,1-3H3/t17-,18?,19?,20?,21?,22?,23?,25+/m1/s1. The Morgan fingerprint density at radius 3 is 2.55 bits per heavy atom. The maximum absolute atomic E-state index is 10.9. The van der Waals surface area contributed by atoms with Crippen molar-refractivity contribution in [3.63, 3.8) is 0 Å². The van der Waals surface area contributed by atoms with Crippen LogP contribution in [0.15, 0.2) is 0 Å². The second kappa shape index (κ2) is 8.76. The molecule has 0 aromatic rings. The van der Waals surface area contributed by atoms with Crippen LogP contribution in [0.4, 0.5) is 0 Å². The zero-order valence-corrected chi connectivity index (χ0v) is 18.9. The summed E-state index contributed by atoms with van der Waals surface area (Å²) in [4.78, 5) is 0. The molecule has 0 aromatic carbocycles. The van der Waals surface area contributed by atoms with Crippen molar-refractivity contribution in [3.8, 4) is 0 Å². The van der Waals surface area contributed by atoms with Gasteiger partial charge in [-0.1, -0.05) is 13.3 Å². The van der Waals surface area contributed by atoms with Crippen molar-refractivity contribution < 1.29 is 19.7 Å². The van der Waals surface area contributed by atoms with Crippen LogP contribution < -0.4 is 0 Å². The SMILES string of the molecule is CC(C)(CCO)OCCOC1CC[C@]2(C)C3CC(O)C4CCCC4C3CC[C@@H]2C1. The predicted molar refractivity (Wildman–Crippen MR) is 115 cm³/mol. The Kier molecular flexibility index (Phi) is 6.66. The molecule has 29 heavy (non-hydrogen) atoms. The first-order chi connectivity index (χ1) is 13.8. The third-order valence-corrected chi connectivity index (χ3v) is 9.51. The van der Waals surface area contributed by atoms with E-state index in [2.05, 4.69) is 6.92 Å². The Bertz CT molecular complexity index is 549. The summed E-state index contributed by atoms with van der Waals surface area (Å²) in [7, 11) is 0. The molecule has 168 valence electrons. The number of fused-ring (bicyclic) bond motifs is 5. The molecule has 4 fully saturated rings. The highest BCUT2D eigenvalue weighted by Crippen LogP contribution is 2.63. The van der Waals surface area contributed by atoms with E-state index < -0.39 is 0 Å². The number of rotatable bonds is 7. The van der Waals surface area contributed by atoms with Crippen LogP contribution >= 0.6 is 0 Å². The summed E-state index contributed by atoms with van der Waals surface area (Å²) in [6.07, 6.45) is 12.3. The average Bonchev–Trinajstić information content (AvgIpc) is 3.17. The molecule has 0 amide bonds. The van der Waals surface area contributed by atoms with Gasteiger partial charge in [-0.2, -0.15) is 0 Å². The summed E-state index contributed by atoms with van der Waals surface area (Å²) in [5.74, 6) is 3.74. The van der Waals surface area contributed by atoms with Crippen molar-refractivity contribution >= 4 is 0 Å². The van der Waals surface area contributed by atoms with E-state index in [9.17, 15) is 5.11 Å². The molecule has 0 aliphatic heterocycles. The minimum atomic E-state index is -0.276. The van der Waals surface area contributed by atoms with Crippen molar-refractivity contribution in [1.29, 1.82) is 0 Å². The van der Waals surface area contributed by atoms with Gasteiger partial charge in [0.2, 0.25) is 0 Å². The highest BCUT2D eigenvalue weighted by atomic mass is 16.5. The zero-order valence-electron chi connectivity index (χ0n) is 18.9. The van der Waals surface area contributed by atoms with E-state index in [4.69, 9.17) is 14.6 Å². The first kappa shape index (κ1) is 22.0. The van der Waals surface area contributed by atoms with E-state index in [1.165, 1.54) is 44.9 Å². The number of aliphatic hydroxyl groups is 2. The quantitative estimate of drug-likeness (QED) is 0.606. The Hall–Kier alpha value is -0.160. The van der Waals surface area contributed by atoms with Gasteiger partial charge in [-0.3, -0.25) is 0 Å². The number of hydrogen-bond acceptors (Lipinski definition) is 4. The van der Waals surface area contributed by atoms with Crippen molar-refractivity contribution in [3.05, 3.63) is 0 Å². The van der Waals surface area contributed by atoms with Gasteiger partial charge in [0.15, 0.2) is 0 Å². The normalized spacial score (nSPS) is 44.8. The van der Waals surface area contributed by atoms with Crippen LogP contribution in [0.1, 0.15) is 85.0 Å². The van der Waals surface area contributed by atoms with Gasteiger partial charge in [0.05, 0.1) is 31.0 Å². The average molecular weight is 409 g/mol. The Balaban J connectivity index is 1.30.